The van der Waals surface area contributed by atoms with Crippen molar-refractivity contribution in [3.63, 3.8) is 0 Å². The number of hydrogen-bond donors (Lipinski definition) is 2. The molecule has 2 heterocycles. The number of fused-ring (bicyclic) bond motifs is 1. The van der Waals surface area contributed by atoms with E-state index in [1.165, 1.54) is 12.8 Å². The third kappa shape index (κ3) is 3.47. The largest absolute Gasteiger partial charge is 0.486 e. The average Bonchev–Trinajstić information content (AvgIpc) is 2.55. The summed E-state index contributed by atoms with van der Waals surface area (Å²) >= 11 is 0. The highest BCUT2D eigenvalue weighted by Crippen LogP contribution is 2.33. The first-order chi connectivity index (χ1) is 10.3. The van der Waals surface area contributed by atoms with Gasteiger partial charge in [-0.25, -0.2) is 0 Å². The molecular weight excluding hydrogens is 268 g/mol. The predicted octanol–water partition coefficient (Wildman–Crippen LogP) is 1.58. The van der Waals surface area contributed by atoms with E-state index in [1.54, 1.807) is 6.07 Å². The fourth-order valence-electron chi connectivity index (χ4n) is 2.91. The first-order valence-corrected chi connectivity index (χ1v) is 7.72. The Kier molecular flexibility index (Phi) is 4.60. The molecule has 2 aliphatic rings. The highest BCUT2D eigenvalue weighted by molar-refractivity contribution is 5.97. The minimum atomic E-state index is -0.0775. The fourth-order valence-corrected chi connectivity index (χ4v) is 2.91. The van der Waals surface area contributed by atoms with Crippen molar-refractivity contribution in [2.75, 3.05) is 32.8 Å². The van der Waals surface area contributed by atoms with Gasteiger partial charge in [0.2, 0.25) is 0 Å². The Morgan fingerprint density at radius 2 is 2.05 bits per heavy atom. The predicted molar refractivity (Wildman–Crippen MR) is 80.0 cm³/mol. The molecule has 5 nitrogen and oxygen atoms in total. The van der Waals surface area contributed by atoms with Crippen LogP contribution in [0.4, 0.5) is 0 Å². The number of hydrogen-bond acceptors (Lipinski definition) is 4. The Balaban J connectivity index is 1.55. The second-order valence-electron chi connectivity index (χ2n) is 5.57. The van der Waals surface area contributed by atoms with Crippen LogP contribution in [0.3, 0.4) is 0 Å². The van der Waals surface area contributed by atoms with Gasteiger partial charge in [-0.3, -0.25) is 4.79 Å². The van der Waals surface area contributed by atoms with Gasteiger partial charge in [-0.2, -0.15) is 0 Å². The van der Waals surface area contributed by atoms with Crippen molar-refractivity contribution in [3.05, 3.63) is 23.8 Å². The molecule has 21 heavy (non-hydrogen) atoms. The lowest BCUT2D eigenvalue weighted by Gasteiger charge is -2.23. The number of carbonyl (C=O) groups is 1. The maximum absolute atomic E-state index is 12.3. The van der Waals surface area contributed by atoms with Crippen molar-refractivity contribution >= 4 is 5.91 Å². The third-order valence-corrected chi connectivity index (χ3v) is 4.11. The SMILES string of the molecule is O=C(NCCC1CCNCC1)c1cccc2c1OCCO2. The molecule has 1 aromatic rings. The Morgan fingerprint density at radius 1 is 1.24 bits per heavy atom. The highest BCUT2D eigenvalue weighted by atomic mass is 16.6. The molecule has 0 unspecified atom stereocenters. The average molecular weight is 290 g/mol. The maximum Gasteiger partial charge on any atom is 0.255 e. The van der Waals surface area contributed by atoms with E-state index < -0.39 is 0 Å². The minimum absolute atomic E-state index is 0.0775. The van der Waals surface area contributed by atoms with Gasteiger partial charge in [-0.05, 0) is 50.4 Å². The summed E-state index contributed by atoms with van der Waals surface area (Å²) in [5, 5.41) is 6.36. The van der Waals surface area contributed by atoms with E-state index in [0.29, 0.717) is 36.8 Å². The topological polar surface area (TPSA) is 59.6 Å². The van der Waals surface area contributed by atoms with E-state index in [9.17, 15) is 4.79 Å². The van der Waals surface area contributed by atoms with Crippen LogP contribution in [0.25, 0.3) is 0 Å². The molecular formula is C16H22N2O3. The van der Waals surface area contributed by atoms with Crippen LogP contribution in [0.1, 0.15) is 29.6 Å². The first-order valence-electron chi connectivity index (χ1n) is 7.72. The van der Waals surface area contributed by atoms with Crippen LogP contribution in [-0.2, 0) is 0 Å². The van der Waals surface area contributed by atoms with Gasteiger partial charge in [0.05, 0.1) is 5.56 Å². The van der Waals surface area contributed by atoms with E-state index in [-0.39, 0.29) is 5.91 Å². The Hall–Kier alpha value is -1.75. The molecule has 1 fully saturated rings. The highest BCUT2D eigenvalue weighted by Gasteiger charge is 2.20. The van der Waals surface area contributed by atoms with E-state index in [1.807, 2.05) is 12.1 Å². The normalized spacial score (nSPS) is 18.3. The van der Waals surface area contributed by atoms with Crippen molar-refractivity contribution in [1.29, 1.82) is 0 Å². The van der Waals surface area contributed by atoms with Gasteiger partial charge in [0.1, 0.15) is 13.2 Å². The smallest absolute Gasteiger partial charge is 0.255 e. The van der Waals surface area contributed by atoms with Crippen molar-refractivity contribution in [1.82, 2.24) is 10.6 Å². The van der Waals surface area contributed by atoms with Crippen LogP contribution in [0.15, 0.2) is 18.2 Å². The lowest BCUT2D eigenvalue weighted by Crippen LogP contribution is -2.31. The Labute approximate surface area is 125 Å². The molecule has 0 radical (unpaired) electrons. The maximum atomic E-state index is 12.3. The molecule has 0 aromatic heterocycles. The summed E-state index contributed by atoms with van der Waals surface area (Å²) in [6.07, 6.45) is 3.45. The van der Waals surface area contributed by atoms with E-state index in [0.717, 1.165) is 25.4 Å². The molecule has 114 valence electrons. The second-order valence-corrected chi connectivity index (χ2v) is 5.57. The molecule has 1 amide bonds. The van der Waals surface area contributed by atoms with Crippen LogP contribution in [-0.4, -0.2) is 38.8 Å². The van der Waals surface area contributed by atoms with Crippen LogP contribution in [0, 0.1) is 5.92 Å². The van der Waals surface area contributed by atoms with Gasteiger partial charge in [0.15, 0.2) is 11.5 Å². The van der Waals surface area contributed by atoms with Crippen molar-refractivity contribution in [2.24, 2.45) is 5.92 Å². The summed E-state index contributed by atoms with van der Waals surface area (Å²) in [5.41, 5.74) is 0.567. The van der Waals surface area contributed by atoms with E-state index in [4.69, 9.17) is 9.47 Å². The quantitative estimate of drug-likeness (QED) is 0.884. The fraction of sp³-hybridized carbons (Fsp3) is 0.562. The van der Waals surface area contributed by atoms with Crippen LogP contribution in [0.5, 0.6) is 11.5 Å². The molecule has 5 heteroatoms. The van der Waals surface area contributed by atoms with Gasteiger partial charge in [-0.15, -0.1) is 0 Å². The second kappa shape index (κ2) is 6.80. The molecule has 1 saturated heterocycles. The molecule has 0 aliphatic carbocycles. The lowest BCUT2D eigenvalue weighted by molar-refractivity contribution is 0.0939. The van der Waals surface area contributed by atoms with Crippen molar-refractivity contribution < 1.29 is 14.3 Å². The van der Waals surface area contributed by atoms with Gasteiger partial charge in [0.25, 0.3) is 5.91 Å². The molecule has 2 aliphatic heterocycles. The number of benzene rings is 1. The first kappa shape index (κ1) is 14.2. The summed E-state index contributed by atoms with van der Waals surface area (Å²) < 4.78 is 11.1. The Bertz CT molecular complexity index is 498. The van der Waals surface area contributed by atoms with E-state index >= 15 is 0 Å². The van der Waals surface area contributed by atoms with Gasteiger partial charge < -0.3 is 20.1 Å². The van der Waals surface area contributed by atoms with Gasteiger partial charge in [-0.1, -0.05) is 6.07 Å². The molecule has 0 spiro atoms. The molecule has 0 bridgehead atoms. The molecule has 0 saturated carbocycles. The zero-order valence-corrected chi connectivity index (χ0v) is 12.2. The molecule has 2 N–H and O–H groups in total. The summed E-state index contributed by atoms with van der Waals surface area (Å²) in [6, 6.07) is 5.45. The number of amides is 1. The zero-order chi connectivity index (χ0) is 14.5. The number of nitrogens with one attached hydrogen (secondary N) is 2. The number of carbonyl (C=O) groups excluding carboxylic acids is 1. The minimum Gasteiger partial charge on any atom is -0.486 e. The zero-order valence-electron chi connectivity index (χ0n) is 12.2. The molecule has 1 aromatic carbocycles. The number of piperidine rings is 1. The van der Waals surface area contributed by atoms with Crippen molar-refractivity contribution in [3.8, 4) is 11.5 Å². The number of para-hydroxylation sites is 1. The summed E-state index contributed by atoms with van der Waals surface area (Å²) in [7, 11) is 0. The lowest BCUT2D eigenvalue weighted by atomic mass is 9.95. The Morgan fingerprint density at radius 3 is 2.90 bits per heavy atom. The summed E-state index contributed by atoms with van der Waals surface area (Å²) in [4.78, 5) is 12.3. The van der Waals surface area contributed by atoms with Crippen LogP contribution < -0.4 is 20.1 Å². The summed E-state index contributed by atoms with van der Waals surface area (Å²) in [5.74, 6) is 1.87. The molecule has 3 rings (SSSR count). The monoisotopic (exact) mass is 290 g/mol. The van der Waals surface area contributed by atoms with Crippen molar-refractivity contribution in [2.45, 2.75) is 19.3 Å². The number of ether oxygens (including phenoxy) is 2. The summed E-state index contributed by atoms with van der Waals surface area (Å²) in [6.45, 7) is 3.93. The van der Waals surface area contributed by atoms with Crippen LogP contribution >= 0.6 is 0 Å². The standard InChI is InChI=1S/C16H22N2O3/c19-16(18-9-6-12-4-7-17-8-5-12)13-2-1-3-14-15(13)21-11-10-20-14/h1-3,12,17H,4-11H2,(H,18,19). The van der Waals surface area contributed by atoms with E-state index in [2.05, 4.69) is 10.6 Å². The number of rotatable bonds is 4. The van der Waals surface area contributed by atoms with Gasteiger partial charge in [0, 0.05) is 6.54 Å². The van der Waals surface area contributed by atoms with Crippen LogP contribution in [0.2, 0.25) is 0 Å². The molecule has 0 atom stereocenters. The van der Waals surface area contributed by atoms with Gasteiger partial charge >= 0.3 is 0 Å². The third-order valence-electron chi connectivity index (χ3n) is 4.11.